The number of aryl methyl sites for hydroxylation is 1. The van der Waals surface area contributed by atoms with Crippen molar-refractivity contribution in [3.8, 4) is 0 Å². The van der Waals surface area contributed by atoms with Crippen LogP contribution >= 0.6 is 7.82 Å². The second-order valence-corrected chi connectivity index (χ2v) is 10.0. The van der Waals surface area contributed by atoms with Gasteiger partial charge in [-0.05, 0) is 34.6 Å². The fourth-order valence-corrected chi connectivity index (χ4v) is 3.76. The largest absolute Gasteiger partial charge is 0.510 e. The Labute approximate surface area is 215 Å². The molecule has 1 aromatic rings. The number of rotatable bonds is 12. The maximum atomic E-state index is 14.8. The van der Waals surface area contributed by atoms with Gasteiger partial charge in [-0.2, -0.15) is 0 Å². The number of carbonyl (C=O) groups is 2. The second-order valence-electron chi connectivity index (χ2n) is 8.34. The lowest BCUT2D eigenvalue weighted by Crippen LogP contribution is -2.36. The number of halogens is 1. The van der Waals surface area contributed by atoms with Crippen LogP contribution in [0.5, 0.6) is 0 Å². The van der Waals surface area contributed by atoms with Gasteiger partial charge in [0.15, 0.2) is 12.4 Å². The summed E-state index contributed by atoms with van der Waals surface area (Å²) in [7, 11) is -4.71. The molecule has 2 rings (SSSR count). The van der Waals surface area contributed by atoms with Gasteiger partial charge in [-0.3, -0.25) is 18.9 Å². The third-order valence-electron chi connectivity index (χ3n) is 4.55. The Morgan fingerprint density at radius 1 is 1.08 bits per heavy atom. The average molecular weight is 572 g/mol. The minimum atomic E-state index is -4.71. The normalized spacial score (nSPS) is 21.5. The van der Waals surface area contributed by atoms with E-state index in [-0.39, 0.29) is 5.56 Å². The number of nitrogens with one attached hydrogen (secondary N) is 1. The van der Waals surface area contributed by atoms with Crippen LogP contribution in [0.2, 0.25) is 0 Å². The van der Waals surface area contributed by atoms with Crippen LogP contribution in [-0.2, 0) is 41.8 Å². The lowest BCUT2D eigenvalue weighted by atomic mass is 10.1. The van der Waals surface area contributed by atoms with Gasteiger partial charge in [0.25, 0.3) is 5.56 Å². The Balaban J connectivity index is 2.07. The zero-order valence-corrected chi connectivity index (χ0v) is 22.1. The summed E-state index contributed by atoms with van der Waals surface area (Å²) in [5.74, 6) is 0. The summed E-state index contributed by atoms with van der Waals surface area (Å²) >= 11 is 0. The van der Waals surface area contributed by atoms with E-state index < -0.39 is 88.4 Å². The molecule has 0 radical (unpaired) electrons. The molecule has 0 saturated carbocycles. The van der Waals surface area contributed by atoms with Gasteiger partial charge in [0.05, 0.1) is 18.8 Å². The van der Waals surface area contributed by atoms with Crippen molar-refractivity contribution in [2.24, 2.45) is 0 Å². The molecule has 16 nitrogen and oxygen atoms in total. The molecule has 1 aliphatic heterocycles. The van der Waals surface area contributed by atoms with Crippen molar-refractivity contribution in [1.29, 1.82) is 0 Å². The molecular formula is C20H30FN2O14P. The number of H-pyrrole nitrogens is 1. The Morgan fingerprint density at radius 2 is 1.61 bits per heavy atom. The van der Waals surface area contributed by atoms with Crippen molar-refractivity contribution in [2.75, 3.05) is 20.2 Å². The molecule has 0 aromatic carbocycles. The molecule has 0 amide bonds. The van der Waals surface area contributed by atoms with E-state index in [0.717, 1.165) is 10.8 Å². The van der Waals surface area contributed by atoms with Gasteiger partial charge in [-0.1, -0.05) is 0 Å². The van der Waals surface area contributed by atoms with Gasteiger partial charge in [0.1, 0.15) is 12.2 Å². The molecule has 0 bridgehead atoms. The van der Waals surface area contributed by atoms with Crippen LogP contribution in [0.25, 0.3) is 0 Å². The molecule has 1 fully saturated rings. The standard InChI is InChI=1S/C20H30FN2O14P/c1-10(2)35-19(27)30-8-33-38(29,34-9-31-20(28)36-11(3)4)32-7-13-15(24)14(21)17(37-13)23-6-12(5)16(25)22-18(23)26/h6,10-11,13-15,17,24H,7-9H2,1-5H3,(H,22,25,26)/t13-,14+,15-,17-/m1/s1. The zero-order chi connectivity index (χ0) is 28.6. The molecule has 1 aromatic heterocycles. The van der Waals surface area contributed by atoms with Crippen molar-refractivity contribution in [2.45, 2.75) is 71.4 Å². The lowest BCUT2D eigenvalue weighted by molar-refractivity contribution is -0.0684. The van der Waals surface area contributed by atoms with Crippen molar-refractivity contribution >= 4 is 20.1 Å². The molecule has 0 aliphatic carbocycles. The van der Waals surface area contributed by atoms with Gasteiger partial charge in [-0.15, -0.1) is 0 Å². The monoisotopic (exact) mass is 572 g/mol. The van der Waals surface area contributed by atoms with Crippen LogP contribution in [0.15, 0.2) is 15.8 Å². The maximum absolute atomic E-state index is 14.8. The zero-order valence-electron chi connectivity index (χ0n) is 21.2. The summed E-state index contributed by atoms with van der Waals surface area (Å²) in [6.45, 7) is 4.76. The number of ether oxygens (including phenoxy) is 5. The Bertz CT molecular complexity index is 1090. The first-order valence-electron chi connectivity index (χ1n) is 11.2. The maximum Gasteiger partial charge on any atom is 0.510 e. The molecule has 4 atom stereocenters. The van der Waals surface area contributed by atoms with E-state index in [0.29, 0.717) is 0 Å². The van der Waals surface area contributed by atoms with Crippen LogP contribution in [0.3, 0.4) is 0 Å². The van der Waals surface area contributed by atoms with Crippen LogP contribution < -0.4 is 11.2 Å². The molecule has 216 valence electrons. The lowest BCUT2D eigenvalue weighted by Gasteiger charge is -2.21. The van der Waals surface area contributed by atoms with E-state index >= 15 is 0 Å². The summed E-state index contributed by atoms with van der Waals surface area (Å²) in [5.41, 5.74) is -1.60. The first kappa shape index (κ1) is 31.4. The smallest absolute Gasteiger partial charge is 0.432 e. The number of phosphoric acid groups is 1. The highest BCUT2D eigenvalue weighted by atomic mass is 31.2. The molecule has 1 saturated heterocycles. The molecule has 38 heavy (non-hydrogen) atoms. The summed E-state index contributed by atoms with van der Waals surface area (Å²) in [5, 5.41) is 10.3. The number of aliphatic hydroxyl groups is 1. The molecule has 1 aliphatic rings. The number of phosphoric ester groups is 1. The highest BCUT2D eigenvalue weighted by Crippen LogP contribution is 2.50. The molecular weight excluding hydrogens is 542 g/mol. The van der Waals surface area contributed by atoms with Crippen molar-refractivity contribution in [1.82, 2.24) is 9.55 Å². The third-order valence-corrected chi connectivity index (χ3v) is 5.86. The second kappa shape index (κ2) is 13.8. The van der Waals surface area contributed by atoms with Gasteiger partial charge in [-0.25, -0.2) is 32.4 Å². The fraction of sp³-hybridized carbons (Fsp3) is 0.700. The Hall–Kier alpha value is -2.82. The SMILES string of the molecule is Cc1cn([C@@H]2O[C@H](COP(=O)(OCOC(=O)OC(C)C)OCOC(=O)OC(C)C)[C@@H](O)[C@@H]2F)c(=O)[nH]c1=O. The van der Waals surface area contributed by atoms with E-state index in [2.05, 4.69) is 9.47 Å². The number of aromatic amines is 1. The van der Waals surface area contributed by atoms with Crippen molar-refractivity contribution in [3.63, 3.8) is 0 Å². The molecule has 18 heteroatoms. The van der Waals surface area contributed by atoms with Crippen molar-refractivity contribution in [3.05, 3.63) is 32.6 Å². The quantitative estimate of drug-likeness (QED) is 0.208. The summed E-state index contributed by atoms with van der Waals surface area (Å²) in [6.07, 6.45) is -9.53. The van der Waals surface area contributed by atoms with Crippen molar-refractivity contribution < 1.29 is 60.9 Å². The van der Waals surface area contributed by atoms with Gasteiger partial charge in [0.2, 0.25) is 13.6 Å². The summed E-state index contributed by atoms with van der Waals surface area (Å²) < 4.78 is 67.3. The molecule has 0 unspecified atom stereocenters. The predicted octanol–water partition coefficient (Wildman–Crippen LogP) is 1.64. The van der Waals surface area contributed by atoms with E-state index in [1.165, 1.54) is 6.92 Å². The van der Waals surface area contributed by atoms with Gasteiger partial charge in [0, 0.05) is 11.8 Å². The first-order valence-corrected chi connectivity index (χ1v) is 12.7. The predicted molar refractivity (Wildman–Crippen MR) is 122 cm³/mol. The number of hydrogen-bond acceptors (Lipinski definition) is 14. The van der Waals surface area contributed by atoms with E-state index in [4.69, 9.17) is 27.8 Å². The minimum Gasteiger partial charge on any atom is -0.432 e. The van der Waals surface area contributed by atoms with Gasteiger partial charge >= 0.3 is 25.8 Å². The number of hydrogen-bond donors (Lipinski definition) is 2. The van der Waals surface area contributed by atoms with E-state index in [1.54, 1.807) is 27.7 Å². The first-order chi connectivity index (χ1) is 17.7. The van der Waals surface area contributed by atoms with Crippen LogP contribution in [0.4, 0.5) is 14.0 Å². The molecule has 2 N–H and O–H groups in total. The number of carbonyl (C=O) groups excluding carboxylic acids is 2. The summed E-state index contributed by atoms with van der Waals surface area (Å²) in [4.78, 5) is 48.7. The third kappa shape index (κ3) is 9.18. The number of alkyl halides is 1. The Kier molecular flexibility index (Phi) is 11.4. The minimum absolute atomic E-state index is 0.0767. The van der Waals surface area contributed by atoms with E-state index in [9.17, 15) is 33.2 Å². The summed E-state index contributed by atoms with van der Waals surface area (Å²) in [6, 6.07) is 0. The highest BCUT2D eigenvalue weighted by molar-refractivity contribution is 7.48. The number of nitrogens with zero attached hydrogens (tertiary/aromatic N) is 1. The highest BCUT2D eigenvalue weighted by Gasteiger charge is 2.47. The fourth-order valence-electron chi connectivity index (χ4n) is 2.85. The number of aliphatic hydroxyl groups excluding tert-OH is 1. The number of aromatic nitrogens is 2. The topological polar surface area (TPSA) is 200 Å². The Morgan fingerprint density at radius 3 is 2.11 bits per heavy atom. The van der Waals surface area contributed by atoms with Gasteiger partial charge < -0.3 is 28.8 Å². The van der Waals surface area contributed by atoms with Crippen LogP contribution in [0, 0.1) is 6.92 Å². The van der Waals surface area contributed by atoms with E-state index in [1.807, 2.05) is 4.98 Å². The van der Waals surface area contributed by atoms with Crippen LogP contribution in [-0.4, -0.2) is 77.7 Å². The molecule has 0 spiro atoms. The average Bonchev–Trinajstić information content (AvgIpc) is 3.07. The molecule has 2 heterocycles. The van der Waals surface area contributed by atoms with Crippen LogP contribution in [0.1, 0.15) is 39.5 Å².